The molecular formula is C18H19FN4O. The van der Waals surface area contributed by atoms with Crippen LogP contribution in [0.25, 0.3) is 0 Å². The number of hydrogen-bond acceptors (Lipinski definition) is 4. The van der Waals surface area contributed by atoms with E-state index in [1.54, 1.807) is 0 Å². The summed E-state index contributed by atoms with van der Waals surface area (Å²) in [5.74, 6) is 0.297. The van der Waals surface area contributed by atoms with Gasteiger partial charge in [-0.3, -0.25) is 4.79 Å². The van der Waals surface area contributed by atoms with E-state index in [4.69, 9.17) is 0 Å². The molecule has 3 heterocycles. The molecule has 24 heavy (non-hydrogen) atoms. The fraction of sp³-hybridized carbons (Fsp3) is 0.389. The summed E-state index contributed by atoms with van der Waals surface area (Å²) >= 11 is 0. The van der Waals surface area contributed by atoms with Crippen LogP contribution in [0.3, 0.4) is 0 Å². The zero-order chi connectivity index (χ0) is 16.7. The van der Waals surface area contributed by atoms with Crippen molar-refractivity contribution in [3.8, 4) is 0 Å². The summed E-state index contributed by atoms with van der Waals surface area (Å²) in [6, 6.07) is 10.1. The Labute approximate surface area is 140 Å². The highest BCUT2D eigenvalue weighted by atomic mass is 19.1. The summed E-state index contributed by atoms with van der Waals surface area (Å²) in [5.41, 5.74) is 0.708. The Morgan fingerprint density at radius 1 is 1.21 bits per heavy atom. The number of anilines is 1. The lowest BCUT2D eigenvalue weighted by Gasteiger charge is -2.28. The Hall–Kier alpha value is -2.50. The molecule has 2 fully saturated rings. The molecule has 0 aliphatic carbocycles. The Bertz CT molecular complexity index is 751. The predicted molar refractivity (Wildman–Crippen MR) is 88.1 cm³/mol. The van der Waals surface area contributed by atoms with Gasteiger partial charge >= 0.3 is 0 Å². The molecular weight excluding hydrogens is 307 g/mol. The number of carbonyl (C=O) groups is 1. The molecule has 0 bridgehead atoms. The van der Waals surface area contributed by atoms with Crippen molar-refractivity contribution < 1.29 is 9.18 Å². The highest BCUT2D eigenvalue weighted by Gasteiger charge is 2.56. The van der Waals surface area contributed by atoms with Crippen LogP contribution in [0.15, 0.2) is 42.7 Å². The van der Waals surface area contributed by atoms with E-state index in [9.17, 15) is 9.18 Å². The Kier molecular flexibility index (Phi) is 3.48. The molecule has 2 aliphatic heterocycles. The predicted octanol–water partition coefficient (Wildman–Crippen LogP) is 2.07. The smallest absolute Gasteiger partial charge is 0.231 e. The molecule has 1 spiro atoms. The van der Waals surface area contributed by atoms with E-state index in [0.717, 1.165) is 18.5 Å². The van der Waals surface area contributed by atoms with Crippen molar-refractivity contribution in [1.82, 2.24) is 14.9 Å². The van der Waals surface area contributed by atoms with E-state index >= 15 is 0 Å². The van der Waals surface area contributed by atoms with Gasteiger partial charge in [-0.2, -0.15) is 0 Å². The lowest BCUT2D eigenvalue weighted by atomic mass is 9.73. The van der Waals surface area contributed by atoms with E-state index in [1.165, 1.54) is 12.4 Å². The van der Waals surface area contributed by atoms with Crippen molar-refractivity contribution in [3.05, 3.63) is 54.1 Å². The monoisotopic (exact) mass is 326 g/mol. The largest absolute Gasteiger partial charge is 0.345 e. The van der Waals surface area contributed by atoms with Gasteiger partial charge in [0.2, 0.25) is 11.9 Å². The first-order valence-electron chi connectivity index (χ1n) is 8.13. The molecule has 1 aromatic carbocycles. The van der Waals surface area contributed by atoms with E-state index in [0.29, 0.717) is 19.0 Å². The maximum absolute atomic E-state index is 13.1. The molecule has 0 unspecified atom stereocenters. The highest BCUT2D eigenvalue weighted by Crippen LogP contribution is 2.50. The number of nitrogens with zero attached hydrogens (tertiary/aromatic N) is 4. The molecule has 1 amide bonds. The summed E-state index contributed by atoms with van der Waals surface area (Å²) in [5, 5.41) is 0. The number of hydrogen-bond donors (Lipinski definition) is 0. The summed E-state index contributed by atoms with van der Waals surface area (Å²) in [6.45, 7) is 2.00. The van der Waals surface area contributed by atoms with Crippen LogP contribution in [-0.4, -0.2) is 47.5 Å². The van der Waals surface area contributed by atoms with Crippen LogP contribution in [0.1, 0.15) is 17.9 Å². The quantitative estimate of drug-likeness (QED) is 0.848. The third-order valence-electron chi connectivity index (χ3n) is 5.30. The van der Waals surface area contributed by atoms with Crippen molar-refractivity contribution in [1.29, 1.82) is 0 Å². The van der Waals surface area contributed by atoms with Crippen molar-refractivity contribution >= 4 is 11.9 Å². The van der Waals surface area contributed by atoms with Gasteiger partial charge in [0, 0.05) is 32.6 Å². The first kappa shape index (κ1) is 15.1. The van der Waals surface area contributed by atoms with Crippen LogP contribution in [0.5, 0.6) is 0 Å². The number of amides is 1. The Morgan fingerprint density at radius 2 is 1.92 bits per heavy atom. The summed E-state index contributed by atoms with van der Waals surface area (Å²) < 4.78 is 13.1. The minimum absolute atomic E-state index is 0.0878. The van der Waals surface area contributed by atoms with E-state index in [2.05, 4.69) is 22.1 Å². The second-order valence-electron chi connectivity index (χ2n) is 6.68. The third kappa shape index (κ3) is 2.25. The van der Waals surface area contributed by atoms with Crippen molar-refractivity contribution in [2.45, 2.75) is 12.3 Å². The minimum Gasteiger partial charge on any atom is -0.345 e. The molecule has 0 saturated carbocycles. The van der Waals surface area contributed by atoms with Gasteiger partial charge in [0.05, 0.1) is 17.8 Å². The van der Waals surface area contributed by atoms with E-state index < -0.39 is 11.2 Å². The fourth-order valence-electron chi connectivity index (χ4n) is 4.07. The van der Waals surface area contributed by atoms with E-state index in [1.807, 2.05) is 35.0 Å². The molecule has 6 heteroatoms. The molecule has 2 aliphatic rings. The van der Waals surface area contributed by atoms with Crippen molar-refractivity contribution in [2.75, 3.05) is 31.6 Å². The van der Waals surface area contributed by atoms with Gasteiger partial charge < -0.3 is 9.80 Å². The van der Waals surface area contributed by atoms with Crippen LogP contribution < -0.4 is 4.90 Å². The van der Waals surface area contributed by atoms with Gasteiger partial charge in [-0.1, -0.05) is 30.3 Å². The first-order chi connectivity index (χ1) is 11.6. The number of carbonyl (C=O) groups excluding carboxylic acids is 1. The summed E-state index contributed by atoms with van der Waals surface area (Å²) in [7, 11) is 1.86. The number of halogens is 1. The standard InChI is InChI=1S/C18H19FN4O/c1-22-8-7-18(16(22)24)12-23(17-20-9-14(19)10-21-17)11-15(18)13-5-3-2-4-6-13/h2-6,9-10,15H,7-8,11-12H2,1H3/t15-,18+/m0/s1. The molecule has 124 valence electrons. The second kappa shape index (κ2) is 5.54. The van der Waals surface area contributed by atoms with Crippen molar-refractivity contribution in [2.24, 2.45) is 5.41 Å². The van der Waals surface area contributed by atoms with Crippen LogP contribution in [0.4, 0.5) is 10.3 Å². The zero-order valence-electron chi connectivity index (χ0n) is 13.5. The molecule has 0 radical (unpaired) electrons. The zero-order valence-corrected chi connectivity index (χ0v) is 13.5. The molecule has 2 saturated heterocycles. The van der Waals surface area contributed by atoms with Crippen LogP contribution >= 0.6 is 0 Å². The summed E-state index contributed by atoms with van der Waals surface area (Å²) in [4.78, 5) is 25.0. The third-order valence-corrected chi connectivity index (χ3v) is 5.30. The minimum atomic E-state index is -0.455. The van der Waals surface area contributed by atoms with Crippen LogP contribution in [0.2, 0.25) is 0 Å². The highest BCUT2D eigenvalue weighted by molar-refractivity contribution is 5.87. The molecule has 4 rings (SSSR count). The lowest BCUT2D eigenvalue weighted by Crippen LogP contribution is -2.38. The number of rotatable bonds is 2. The number of likely N-dealkylation sites (tertiary alicyclic amines) is 1. The number of aromatic nitrogens is 2. The van der Waals surface area contributed by atoms with Gasteiger partial charge in [-0.25, -0.2) is 14.4 Å². The normalized spacial score (nSPS) is 26.6. The fourth-order valence-corrected chi connectivity index (χ4v) is 4.07. The molecule has 2 atom stereocenters. The van der Waals surface area contributed by atoms with E-state index in [-0.39, 0.29) is 11.8 Å². The van der Waals surface area contributed by atoms with Crippen molar-refractivity contribution in [3.63, 3.8) is 0 Å². The molecule has 0 N–H and O–H groups in total. The first-order valence-corrected chi connectivity index (χ1v) is 8.13. The molecule has 1 aromatic heterocycles. The second-order valence-corrected chi connectivity index (χ2v) is 6.68. The van der Waals surface area contributed by atoms with Gasteiger partial charge in [0.25, 0.3) is 0 Å². The Balaban J connectivity index is 1.73. The van der Waals surface area contributed by atoms with Gasteiger partial charge in [-0.05, 0) is 12.0 Å². The summed E-state index contributed by atoms with van der Waals surface area (Å²) in [6.07, 6.45) is 3.17. The maximum Gasteiger partial charge on any atom is 0.231 e. The Morgan fingerprint density at radius 3 is 2.54 bits per heavy atom. The SMILES string of the molecule is CN1CC[C@]2(CN(c3ncc(F)cn3)C[C@H]2c2ccccc2)C1=O. The van der Waals surface area contributed by atoms with Crippen LogP contribution in [-0.2, 0) is 4.79 Å². The van der Waals surface area contributed by atoms with Gasteiger partial charge in [0.15, 0.2) is 5.82 Å². The van der Waals surface area contributed by atoms with Gasteiger partial charge in [-0.15, -0.1) is 0 Å². The van der Waals surface area contributed by atoms with Crippen LogP contribution in [0, 0.1) is 11.2 Å². The maximum atomic E-state index is 13.1. The topological polar surface area (TPSA) is 49.3 Å². The number of benzene rings is 1. The van der Waals surface area contributed by atoms with Gasteiger partial charge in [0.1, 0.15) is 0 Å². The lowest BCUT2D eigenvalue weighted by molar-refractivity contribution is -0.134. The average molecular weight is 326 g/mol. The molecule has 5 nitrogen and oxygen atoms in total. The molecule has 2 aromatic rings. The average Bonchev–Trinajstić information content (AvgIpc) is 3.13.